The van der Waals surface area contributed by atoms with Gasteiger partial charge in [0.25, 0.3) is 0 Å². The lowest BCUT2D eigenvalue weighted by Gasteiger charge is -2.27. The van der Waals surface area contributed by atoms with Crippen molar-refractivity contribution in [3.05, 3.63) is 58.7 Å². The highest BCUT2D eigenvalue weighted by atomic mass is 32.2. The van der Waals surface area contributed by atoms with Crippen LogP contribution in [0.2, 0.25) is 0 Å². The number of carbonyl (C=O) groups excluding carboxylic acids is 1. The first-order chi connectivity index (χ1) is 12.0. The number of benzene rings is 2. The number of nitrogens with one attached hydrogen (secondary N) is 1. The summed E-state index contributed by atoms with van der Waals surface area (Å²) in [4.78, 5) is 16.1. The maximum Gasteiger partial charge on any atom is 0.234 e. The molecule has 1 aliphatic heterocycles. The molecule has 1 amide bonds. The van der Waals surface area contributed by atoms with Crippen molar-refractivity contribution in [2.75, 3.05) is 19.6 Å². The number of nitriles is 1. The van der Waals surface area contributed by atoms with Crippen molar-refractivity contribution in [1.29, 1.82) is 5.26 Å². The molecule has 0 bridgehead atoms. The minimum atomic E-state index is 0.0613. The van der Waals surface area contributed by atoms with E-state index in [1.54, 1.807) is 11.8 Å². The monoisotopic (exact) mass is 351 g/mol. The van der Waals surface area contributed by atoms with Gasteiger partial charge in [0, 0.05) is 29.4 Å². The van der Waals surface area contributed by atoms with Gasteiger partial charge in [-0.05, 0) is 60.9 Å². The van der Waals surface area contributed by atoms with Gasteiger partial charge in [-0.3, -0.25) is 9.69 Å². The van der Waals surface area contributed by atoms with Crippen molar-refractivity contribution in [2.24, 2.45) is 0 Å². The molecule has 0 radical (unpaired) electrons. The normalized spacial score (nSPS) is 14.8. The van der Waals surface area contributed by atoms with Crippen LogP contribution in [0.5, 0.6) is 0 Å². The first-order valence-electron chi connectivity index (χ1n) is 8.32. The van der Waals surface area contributed by atoms with Crippen molar-refractivity contribution in [2.45, 2.75) is 30.2 Å². The molecule has 1 saturated heterocycles. The fraction of sp³-hybridized carbons (Fsp3) is 0.300. The highest BCUT2D eigenvalue weighted by Gasteiger charge is 2.18. The lowest BCUT2D eigenvalue weighted by atomic mass is 10.1. The largest absolute Gasteiger partial charge is 0.354 e. The molecule has 1 fully saturated rings. The quantitative estimate of drug-likeness (QED) is 0.919. The molecule has 1 N–H and O–H groups in total. The van der Waals surface area contributed by atoms with E-state index >= 15 is 0 Å². The van der Waals surface area contributed by atoms with Gasteiger partial charge in [-0.1, -0.05) is 17.8 Å². The summed E-state index contributed by atoms with van der Waals surface area (Å²) in [6, 6.07) is 14.5. The van der Waals surface area contributed by atoms with Gasteiger partial charge in [0.1, 0.15) is 0 Å². The average molecular weight is 351 g/mol. The van der Waals surface area contributed by atoms with E-state index in [-0.39, 0.29) is 5.91 Å². The molecule has 0 atom stereocenters. The molecule has 0 aromatic heterocycles. The predicted molar refractivity (Wildman–Crippen MR) is 99.5 cm³/mol. The maximum absolute atomic E-state index is 11.6. The molecule has 2 aromatic carbocycles. The van der Waals surface area contributed by atoms with Crippen LogP contribution in [0.3, 0.4) is 0 Å². The van der Waals surface area contributed by atoms with Crippen LogP contribution in [0.1, 0.15) is 22.3 Å². The Hall–Kier alpha value is -2.29. The Morgan fingerprint density at radius 1 is 1.20 bits per heavy atom. The van der Waals surface area contributed by atoms with Crippen molar-refractivity contribution in [3.63, 3.8) is 0 Å². The van der Waals surface area contributed by atoms with Crippen LogP contribution in [0.15, 0.2) is 46.2 Å². The summed E-state index contributed by atoms with van der Waals surface area (Å²) in [7, 11) is 0. The molecule has 25 heavy (non-hydrogen) atoms. The summed E-state index contributed by atoms with van der Waals surface area (Å²) in [5.74, 6) is 0.0613. The molecular formula is C20H21N3OS. The Balaban J connectivity index is 1.87. The average Bonchev–Trinajstić information content (AvgIpc) is 2.55. The van der Waals surface area contributed by atoms with E-state index in [9.17, 15) is 10.1 Å². The van der Waals surface area contributed by atoms with Crippen LogP contribution in [0, 0.1) is 25.2 Å². The Bertz CT molecular complexity index is 821. The molecule has 0 aliphatic carbocycles. The summed E-state index contributed by atoms with van der Waals surface area (Å²) < 4.78 is 0. The lowest BCUT2D eigenvalue weighted by Crippen LogP contribution is -2.47. The second kappa shape index (κ2) is 7.73. The first kappa shape index (κ1) is 17.5. The van der Waals surface area contributed by atoms with Gasteiger partial charge in [0.2, 0.25) is 5.91 Å². The minimum absolute atomic E-state index is 0.0613. The van der Waals surface area contributed by atoms with Gasteiger partial charge in [-0.25, -0.2) is 0 Å². The van der Waals surface area contributed by atoms with Gasteiger partial charge >= 0.3 is 0 Å². The van der Waals surface area contributed by atoms with Crippen LogP contribution in [-0.2, 0) is 11.3 Å². The van der Waals surface area contributed by atoms with E-state index in [1.165, 1.54) is 16.0 Å². The highest BCUT2D eigenvalue weighted by molar-refractivity contribution is 7.99. The van der Waals surface area contributed by atoms with Crippen molar-refractivity contribution in [1.82, 2.24) is 10.2 Å². The molecule has 128 valence electrons. The van der Waals surface area contributed by atoms with Crippen molar-refractivity contribution < 1.29 is 4.79 Å². The second-order valence-corrected chi connectivity index (χ2v) is 7.54. The molecule has 5 heteroatoms. The SMILES string of the molecule is Cc1cc(C)cc(Sc2ccc(C#N)cc2CN2CCNC(=O)C2)c1. The fourth-order valence-electron chi connectivity index (χ4n) is 3.06. The van der Waals surface area contributed by atoms with Crippen LogP contribution >= 0.6 is 11.8 Å². The highest BCUT2D eigenvalue weighted by Crippen LogP contribution is 2.33. The van der Waals surface area contributed by atoms with Crippen molar-refractivity contribution in [3.8, 4) is 6.07 Å². The topological polar surface area (TPSA) is 56.1 Å². The van der Waals surface area contributed by atoms with E-state index in [0.29, 0.717) is 25.2 Å². The van der Waals surface area contributed by atoms with Gasteiger partial charge in [-0.2, -0.15) is 5.26 Å². The molecule has 0 saturated carbocycles. The summed E-state index contributed by atoms with van der Waals surface area (Å²) in [5.41, 5.74) is 4.23. The number of amides is 1. The summed E-state index contributed by atoms with van der Waals surface area (Å²) in [6.45, 7) is 6.79. The fourth-order valence-corrected chi connectivity index (χ4v) is 4.19. The predicted octanol–water partition coefficient (Wildman–Crippen LogP) is 3.26. The van der Waals surface area contributed by atoms with Crippen LogP contribution < -0.4 is 5.32 Å². The molecule has 2 aromatic rings. The van der Waals surface area contributed by atoms with Gasteiger partial charge in [0.15, 0.2) is 0 Å². The molecule has 1 aliphatic rings. The summed E-state index contributed by atoms with van der Waals surface area (Å²) in [5, 5.41) is 12.1. The van der Waals surface area contributed by atoms with Crippen LogP contribution in [0.4, 0.5) is 0 Å². The Kier molecular flexibility index (Phi) is 5.42. The third-order valence-corrected chi connectivity index (χ3v) is 5.21. The number of nitrogens with zero attached hydrogens (tertiary/aromatic N) is 2. The lowest BCUT2D eigenvalue weighted by molar-refractivity contribution is -0.124. The Morgan fingerprint density at radius 3 is 2.64 bits per heavy atom. The Morgan fingerprint density at radius 2 is 1.96 bits per heavy atom. The second-order valence-electron chi connectivity index (χ2n) is 6.42. The smallest absolute Gasteiger partial charge is 0.234 e. The van der Waals surface area contributed by atoms with Gasteiger partial charge in [0.05, 0.1) is 18.2 Å². The van der Waals surface area contributed by atoms with Gasteiger partial charge < -0.3 is 5.32 Å². The zero-order valence-corrected chi connectivity index (χ0v) is 15.3. The minimum Gasteiger partial charge on any atom is -0.354 e. The van der Waals surface area contributed by atoms with Crippen molar-refractivity contribution >= 4 is 17.7 Å². The third-order valence-electron chi connectivity index (χ3n) is 4.12. The van der Waals surface area contributed by atoms with E-state index in [4.69, 9.17) is 0 Å². The van der Waals surface area contributed by atoms with E-state index in [0.717, 1.165) is 17.0 Å². The molecule has 3 rings (SSSR count). The molecule has 4 nitrogen and oxygen atoms in total. The van der Waals surface area contributed by atoms with Crippen LogP contribution in [0.25, 0.3) is 0 Å². The van der Waals surface area contributed by atoms with E-state index < -0.39 is 0 Å². The number of piperazine rings is 1. The summed E-state index contributed by atoms with van der Waals surface area (Å²) in [6.07, 6.45) is 0. The molecule has 0 unspecified atom stereocenters. The number of hydrogen-bond acceptors (Lipinski definition) is 4. The third kappa shape index (κ3) is 4.62. The number of rotatable bonds is 4. The molecular weight excluding hydrogens is 330 g/mol. The van der Waals surface area contributed by atoms with E-state index in [1.807, 2.05) is 18.2 Å². The first-order valence-corrected chi connectivity index (χ1v) is 9.13. The summed E-state index contributed by atoms with van der Waals surface area (Å²) >= 11 is 1.71. The number of carbonyl (C=O) groups is 1. The zero-order chi connectivity index (χ0) is 17.8. The number of aryl methyl sites for hydroxylation is 2. The number of hydrogen-bond donors (Lipinski definition) is 1. The standard InChI is InChI=1S/C20H21N3OS/c1-14-7-15(2)9-18(8-14)25-19-4-3-16(11-21)10-17(19)12-23-6-5-22-20(24)13-23/h3-4,7-10H,5-6,12-13H2,1-2H3,(H,22,24). The molecule has 0 spiro atoms. The van der Waals surface area contributed by atoms with Crippen LogP contribution in [-0.4, -0.2) is 30.4 Å². The maximum atomic E-state index is 11.6. The molecule has 1 heterocycles. The zero-order valence-electron chi connectivity index (χ0n) is 14.5. The Labute approximate surface area is 152 Å². The van der Waals surface area contributed by atoms with Gasteiger partial charge in [-0.15, -0.1) is 0 Å². The van der Waals surface area contributed by atoms with E-state index in [2.05, 4.69) is 48.3 Å².